The third-order valence-corrected chi connectivity index (χ3v) is 1.52. The lowest BCUT2D eigenvalue weighted by molar-refractivity contribution is 0.325. The normalized spacial score (nSPS) is 8.79. The zero-order chi connectivity index (χ0) is 10.4. The van der Waals surface area contributed by atoms with Crippen LogP contribution in [0, 0.1) is 29.5 Å². The maximum atomic E-state index is 12.9. The van der Waals surface area contributed by atoms with E-state index in [1.807, 2.05) is 6.07 Å². The first-order valence-electron chi connectivity index (χ1n) is 4.03. The quantitative estimate of drug-likeness (QED) is 0.538. The lowest BCUT2D eigenvalue weighted by Crippen LogP contribution is -1.96. The molecular weight excluding hydrogens is 181 g/mol. The van der Waals surface area contributed by atoms with Crippen molar-refractivity contribution in [3.63, 3.8) is 0 Å². The maximum absolute atomic E-state index is 12.9. The van der Waals surface area contributed by atoms with E-state index < -0.39 is 5.82 Å². The molecule has 1 rings (SSSR count). The molecule has 2 nitrogen and oxygen atoms in total. The van der Waals surface area contributed by atoms with Gasteiger partial charge >= 0.3 is 0 Å². The van der Waals surface area contributed by atoms with E-state index in [9.17, 15) is 4.39 Å². The monoisotopic (exact) mass is 189 g/mol. The molecule has 0 aliphatic rings. The first-order valence-corrected chi connectivity index (χ1v) is 4.03. The van der Waals surface area contributed by atoms with Gasteiger partial charge in [0.25, 0.3) is 0 Å². The summed E-state index contributed by atoms with van der Waals surface area (Å²) in [7, 11) is 0. The van der Waals surface area contributed by atoms with Gasteiger partial charge < -0.3 is 4.74 Å². The van der Waals surface area contributed by atoms with Crippen molar-refractivity contribution in [3.8, 4) is 24.2 Å². The summed E-state index contributed by atoms with van der Waals surface area (Å²) in [5, 5.41) is 8.55. The molecule has 0 aliphatic carbocycles. The van der Waals surface area contributed by atoms with Crippen molar-refractivity contribution in [3.05, 3.63) is 29.6 Å². The Morgan fingerprint density at radius 2 is 2.21 bits per heavy atom. The highest BCUT2D eigenvalue weighted by Crippen LogP contribution is 2.15. The average molecular weight is 189 g/mol. The van der Waals surface area contributed by atoms with Crippen LogP contribution < -0.4 is 4.74 Å². The highest BCUT2D eigenvalue weighted by Gasteiger charge is 2.00. The Balaban J connectivity index is 2.74. The summed E-state index contributed by atoms with van der Waals surface area (Å²) in [4.78, 5) is 0. The molecule has 1 aromatic rings. The fraction of sp³-hybridized carbons (Fsp3) is 0.182. The van der Waals surface area contributed by atoms with Crippen molar-refractivity contribution in [2.75, 3.05) is 6.61 Å². The molecular formula is C11H8FNO. The standard InChI is InChI=1S/C11H8FNO/c1-2-3-4-14-11-6-9(8-13)5-10(12)7-11/h1,5-7H,3-4H2. The minimum atomic E-state index is -0.486. The highest BCUT2D eigenvalue weighted by molar-refractivity contribution is 5.37. The zero-order valence-corrected chi connectivity index (χ0v) is 7.46. The zero-order valence-electron chi connectivity index (χ0n) is 7.46. The summed E-state index contributed by atoms with van der Waals surface area (Å²) in [6, 6.07) is 5.68. The number of rotatable bonds is 3. The van der Waals surface area contributed by atoms with Crippen LogP contribution in [0.1, 0.15) is 12.0 Å². The first kappa shape index (κ1) is 10.1. The Hall–Kier alpha value is -2.00. The van der Waals surface area contributed by atoms with Gasteiger partial charge in [-0.2, -0.15) is 5.26 Å². The molecule has 0 aliphatic heterocycles. The fourth-order valence-electron chi connectivity index (χ4n) is 0.938. The Morgan fingerprint density at radius 3 is 2.86 bits per heavy atom. The lowest BCUT2D eigenvalue weighted by Gasteiger charge is -2.03. The molecule has 0 amide bonds. The first-order chi connectivity index (χ1) is 6.76. The summed E-state index contributed by atoms with van der Waals surface area (Å²) in [6.07, 6.45) is 5.48. The van der Waals surface area contributed by atoms with E-state index in [-0.39, 0.29) is 5.56 Å². The van der Waals surface area contributed by atoms with Crippen molar-refractivity contribution < 1.29 is 9.13 Å². The molecule has 14 heavy (non-hydrogen) atoms. The van der Waals surface area contributed by atoms with Crippen LogP contribution >= 0.6 is 0 Å². The Kier molecular flexibility index (Phi) is 3.52. The van der Waals surface area contributed by atoms with Crippen LogP contribution in [-0.2, 0) is 0 Å². The molecule has 0 radical (unpaired) electrons. The number of nitriles is 1. The second kappa shape index (κ2) is 4.89. The Morgan fingerprint density at radius 1 is 1.43 bits per heavy atom. The SMILES string of the molecule is C#CCCOc1cc(F)cc(C#N)c1. The minimum absolute atomic E-state index is 0.237. The van der Waals surface area contributed by atoms with E-state index in [2.05, 4.69) is 5.92 Å². The fourth-order valence-corrected chi connectivity index (χ4v) is 0.938. The molecule has 0 spiro atoms. The number of ether oxygens (including phenoxy) is 1. The van der Waals surface area contributed by atoms with Crippen LogP contribution in [0.15, 0.2) is 18.2 Å². The molecule has 0 N–H and O–H groups in total. The van der Waals surface area contributed by atoms with Crippen molar-refractivity contribution >= 4 is 0 Å². The number of hydrogen-bond donors (Lipinski definition) is 0. The van der Waals surface area contributed by atoms with Gasteiger partial charge in [0.1, 0.15) is 11.6 Å². The number of benzene rings is 1. The summed E-state index contributed by atoms with van der Waals surface area (Å²) in [5.41, 5.74) is 0.237. The van der Waals surface area contributed by atoms with E-state index in [0.717, 1.165) is 6.07 Å². The lowest BCUT2D eigenvalue weighted by atomic mass is 10.2. The summed E-state index contributed by atoms with van der Waals surface area (Å²) in [6.45, 7) is 0.324. The summed E-state index contributed by atoms with van der Waals surface area (Å²) in [5.74, 6) is 2.24. The van der Waals surface area contributed by atoms with E-state index in [1.165, 1.54) is 12.1 Å². The van der Waals surface area contributed by atoms with Crippen LogP contribution in [0.4, 0.5) is 4.39 Å². The third kappa shape index (κ3) is 2.80. The largest absolute Gasteiger partial charge is 0.492 e. The molecule has 70 valence electrons. The average Bonchev–Trinajstić information content (AvgIpc) is 2.17. The van der Waals surface area contributed by atoms with Crippen LogP contribution in [0.3, 0.4) is 0 Å². The van der Waals surface area contributed by atoms with Crippen LogP contribution in [0.25, 0.3) is 0 Å². The predicted molar refractivity (Wildman–Crippen MR) is 50.1 cm³/mol. The third-order valence-electron chi connectivity index (χ3n) is 1.52. The smallest absolute Gasteiger partial charge is 0.128 e. The van der Waals surface area contributed by atoms with Gasteiger partial charge in [0, 0.05) is 12.5 Å². The van der Waals surface area contributed by atoms with Gasteiger partial charge in [0.2, 0.25) is 0 Å². The predicted octanol–water partition coefficient (Wildman–Crippen LogP) is 2.10. The number of halogens is 1. The molecule has 0 saturated carbocycles. The number of terminal acetylenes is 1. The van der Waals surface area contributed by atoms with Crippen molar-refractivity contribution in [2.24, 2.45) is 0 Å². The van der Waals surface area contributed by atoms with Gasteiger partial charge in [-0.05, 0) is 12.1 Å². The van der Waals surface area contributed by atoms with Crippen LogP contribution in [0.2, 0.25) is 0 Å². The van der Waals surface area contributed by atoms with Gasteiger partial charge in [-0.15, -0.1) is 12.3 Å². The van der Waals surface area contributed by atoms with E-state index in [0.29, 0.717) is 18.8 Å². The second-order valence-electron chi connectivity index (χ2n) is 2.59. The molecule has 0 fully saturated rings. The van der Waals surface area contributed by atoms with Gasteiger partial charge in [-0.3, -0.25) is 0 Å². The summed E-state index contributed by atoms with van der Waals surface area (Å²) < 4.78 is 18.0. The van der Waals surface area contributed by atoms with Crippen molar-refractivity contribution in [2.45, 2.75) is 6.42 Å². The van der Waals surface area contributed by atoms with Gasteiger partial charge in [-0.25, -0.2) is 4.39 Å². The van der Waals surface area contributed by atoms with Crippen molar-refractivity contribution in [1.82, 2.24) is 0 Å². The second-order valence-corrected chi connectivity index (χ2v) is 2.59. The van der Waals surface area contributed by atoms with E-state index >= 15 is 0 Å². The Labute approximate surface area is 81.9 Å². The van der Waals surface area contributed by atoms with E-state index in [1.54, 1.807) is 0 Å². The van der Waals surface area contributed by atoms with Crippen LogP contribution in [0.5, 0.6) is 5.75 Å². The summed E-state index contributed by atoms with van der Waals surface area (Å²) >= 11 is 0. The topological polar surface area (TPSA) is 33.0 Å². The molecule has 0 heterocycles. The molecule has 1 aromatic carbocycles. The molecule has 0 unspecified atom stereocenters. The molecule has 0 aromatic heterocycles. The molecule has 0 atom stereocenters. The maximum Gasteiger partial charge on any atom is 0.128 e. The molecule has 3 heteroatoms. The van der Waals surface area contributed by atoms with Gasteiger partial charge in [-0.1, -0.05) is 0 Å². The van der Waals surface area contributed by atoms with Crippen LogP contribution in [-0.4, -0.2) is 6.61 Å². The molecule has 0 bridgehead atoms. The number of hydrogen-bond acceptors (Lipinski definition) is 2. The number of nitrogens with zero attached hydrogens (tertiary/aromatic N) is 1. The molecule has 0 saturated heterocycles. The Bertz CT molecular complexity index is 401. The van der Waals surface area contributed by atoms with Gasteiger partial charge in [0.05, 0.1) is 18.2 Å². The van der Waals surface area contributed by atoms with Gasteiger partial charge in [0.15, 0.2) is 0 Å². The van der Waals surface area contributed by atoms with E-state index in [4.69, 9.17) is 16.4 Å². The minimum Gasteiger partial charge on any atom is -0.492 e. The highest BCUT2D eigenvalue weighted by atomic mass is 19.1. The van der Waals surface area contributed by atoms with Crippen molar-refractivity contribution in [1.29, 1.82) is 5.26 Å².